The molecule has 1 aromatic carbocycles. The summed E-state index contributed by atoms with van der Waals surface area (Å²) in [5.41, 5.74) is 1.04. The zero-order valence-electron chi connectivity index (χ0n) is 10.1. The number of nitrogens with one attached hydrogen (secondary N) is 1. The van der Waals surface area contributed by atoms with Gasteiger partial charge in [-0.25, -0.2) is 0 Å². The van der Waals surface area contributed by atoms with E-state index in [2.05, 4.69) is 5.32 Å². The zero-order chi connectivity index (χ0) is 13.1. The molecule has 1 aliphatic heterocycles. The summed E-state index contributed by atoms with van der Waals surface area (Å²) in [4.78, 5) is 12.6. The minimum Gasteiger partial charge on any atom is -0.363 e. The van der Waals surface area contributed by atoms with Crippen molar-refractivity contribution in [2.24, 2.45) is 0 Å². The van der Waals surface area contributed by atoms with Gasteiger partial charge in [-0.1, -0.05) is 0 Å². The molecule has 0 aromatic heterocycles. The molecular weight excluding hydrogens is 232 g/mol. The summed E-state index contributed by atoms with van der Waals surface area (Å²) in [6.07, 6.45) is 0. The molecule has 2 rings (SSSR count). The number of nitro groups is 1. The summed E-state index contributed by atoms with van der Waals surface area (Å²) in [6, 6.07) is 6.78. The maximum Gasteiger partial charge on any atom is 0.292 e. The smallest absolute Gasteiger partial charge is 0.292 e. The van der Waals surface area contributed by atoms with E-state index in [-0.39, 0.29) is 11.7 Å². The molecule has 1 aromatic rings. The van der Waals surface area contributed by atoms with Gasteiger partial charge < -0.3 is 10.2 Å². The van der Waals surface area contributed by atoms with Gasteiger partial charge in [-0.15, -0.1) is 0 Å². The number of nitriles is 1. The van der Waals surface area contributed by atoms with Crippen molar-refractivity contribution in [1.82, 2.24) is 5.32 Å². The van der Waals surface area contributed by atoms with Crippen molar-refractivity contribution in [2.45, 2.75) is 13.0 Å². The van der Waals surface area contributed by atoms with Gasteiger partial charge in [0.1, 0.15) is 5.69 Å². The molecular formula is C12H14N4O2. The molecule has 6 nitrogen and oxygen atoms in total. The predicted molar refractivity (Wildman–Crippen MR) is 67.5 cm³/mol. The van der Waals surface area contributed by atoms with Gasteiger partial charge in [-0.2, -0.15) is 5.26 Å². The average molecular weight is 246 g/mol. The molecule has 1 atom stereocenters. The largest absolute Gasteiger partial charge is 0.363 e. The quantitative estimate of drug-likeness (QED) is 0.627. The van der Waals surface area contributed by atoms with Crippen LogP contribution in [0.3, 0.4) is 0 Å². The lowest BCUT2D eigenvalue weighted by atomic mass is 10.1. The summed E-state index contributed by atoms with van der Waals surface area (Å²) < 4.78 is 0. The Labute approximate surface area is 105 Å². The number of benzene rings is 1. The molecule has 1 N–H and O–H groups in total. The first kappa shape index (κ1) is 12.3. The number of piperazine rings is 1. The van der Waals surface area contributed by atoms with Gasteiger partial charge in [0.05, 0.1) is 16.6 Å². The van der Waals surface area contributed by atoms with Crippen LogP contribution in [-0.4, -0.2) is 30.6 Å². The van der Waals surface area contributed by atoms with Crippen molar-refractivity contribution in [3.05, 3.63) is 33.9 Å². The van der Waals surface area contributed by atoms with E-state index in [1.54, 1.807) is 6.07 Å². The Hall–Kier alpha value is -2.13. The van der Waals surface area contributed by atoms with Crippen LogP contribution >= 0.6 is 0 Å². The minimum atomic E-state index is -0.400. The Kier molecular flexibility index (Phi) is 3.44. The molecule has 0 amide bonds. The number of anilines is 1. The average Bonchev–Trinajstić information content (AvgIpc) is 2.38. The van der Waals surface area contributed by atoms with E-state index in [0.29, 0.717) is 24.3 Å². The first-order chi connectivity index (χ1) is 8.61. The number of rotatable bonds is 2. The highest BCUT2D eigenvalue weighted by Crippen LogP contribution is 2.29. The fraction of sp³-hybridized carbons (Fsp3) is 0.417. The topological polar surface area (TPSA) is 82.2 Å². The third-order valence-corrected chi connectivity index (χ3v) is 3.01. The lowest BCUT2D eigenvalue weighted by molar-refractivity contribution is -0.384. The number of hydrogen-bond acceptors (Lipinski definition) is 5. The third-order valence-electron chi connectivity index (χ3n) is 3.01. The van der Waals surface area contributed by atoms with E-state index >= 15 is 0 Å². The number of nitro benzene ring substituents is 1. The molecule has 1 saturated heterocycles. The Morgan fingerprint density at radius 1 is 1.61 bits per heavy atom. The second-order valence-corrected chi connectivity index (χ2v) is 4.37. The standard InChI is InChI=1S/C12H14N4O2/c1-9-8-15(5-4-14-9)12-6-10(7-13)2-3-11(12)16(17)18/h2-3,6,9,14H,4-5,8H2,1H3/t9-/m0/s1. The molecule has 0 saturated carbocycles. The van der Waals surface area contributed by atoms with Crippen LogP contribution in [-0.2, 0) is 0 Å². The van der Waals surface area contributed by atoms with Crippen molar-refractivity contribution in [2.75, 3.05) is 24.5 Å². The van der Waals surface area contributed by atoms with Crippen molar-refractivity contribution in [3.8, 4) is 6.07 Å². The highest BCUT2D eigenvalue weighted by molar-refractivity contribution is 5.66. The van der Waals surface area contributed by atoms with Crippen molar-refractivity contribution in [1.29, 1.82) is 5.26 Å². The first-order valence-corrected chi connectivity index (χ1v) is 5.78. The highest BCUT2D eigenvalue weighted by atomic mass is 16.6. The molecule has 6 heteroatoms. The molecule has 1 heterocycles. The Morgan fingerprint density at radius 3 is 3.00 bits per heavy atom. The van der Waals surface area contributed by atoms with Crippen LogP contribution in [0.4, 0.5) is 11.4 Å². The zero-order valence-corrected chi connectivity index (χ0v) is 10.1. The maximum absolute atomic E-state index is 11.0. The molecule has 0 bridgehead atoms. The van der Waals surface area contributed by atoms with Crippen LogP contribution in [0, 0.1) is 21.4 Å². The van der Waals surface area contributed by atoms with Crippen LogP contribution in [0.25, 0.3) is 0 Å². The maximum atomic E-state index is 11.0. The second-order valence-electron chi connectivity index (χ2n) is 4.37. The fourth-order valence-electron chi connectivity index (χ4n) is 2.15. The molecule has 18 heavy (non-hydrogen) atoms. The summed E-state index contributed by atoms with van der Waals surface area (Å²) in [6.45, 7) is 4.23. The molecule has 0 radical (unpaired) electrons. The summed E-state index contributed by atoms with van der Waals surface area (Å²) >= 11 is 0. The SMILES string of the molecule is C[C@H]1CN(c2cc(C#N)ccc2[N+](=O)[O-])CCN1. The molecule has 1 aliphatic rings. The van der Waals surface area contributed by atoms with Crippen LogP contribution in [0.2, 0.25) is 0 Å². The highest BCUT2D eigenvalue weighted by Gasteiger charge is 2.23. The van der Waals surface area contributed by atoms with Gasteiger partial charge >= 0.3 is 0 Å². The van der Waals surface area contributed by atoms with Gasteiger partial charge in [0.15, 0.2) is 0 Å². The van der Waals surface area contributed by atoms with E-state index < -0.39 is 4.92 Å². The van der Waals surface area contributed by atoms with Gasteiger partial charge in [0.25, 0.3) is 5.69 Å². The van der Waals surface area contributed by atoms with E-state index in [1.807, 2.05) is 17.9 Å². The van der Waals surface area contributed by atoms with E-state index in [4.69, 9.17) is 5.26 Å². The summed E-state index contributed by atoms with van der Waals surface area (Å²) in [5.74, 6) is 0. The molecule has 94 valence electrons. The summed E-state index contributed by atoms with van der Waals surface area (Å²) in [5, 5.41) is 23.2. The summed E-state index contributed by atoms with van der Waals surface area (Å²) in [7, 11) is 0. The van der Waals surface area contributed by atoms with E-state index in [1.165, 1.54) is 12.1 Å². The van der Waals surface area contributed by atoms with Gasteiger partial charge in [-0.05, 0) is 19.1 Å². The lowest BCUT2D eigenvalue weighted by Gasteiger charge is -2.33. The Morgan fingerprint density at radius 2 is 2.39 bits per heavy atom. The second kappa shape index (κ2) is 5.02. The third kappa shape index (κ3) is 2.41. The monoisotopic (exact) mass is 246 g/mol. The number of nitrogens with zero attached hydrogens (tertiary/aromatic N) is 3. The van der Waals surface area contributed by atoms with Crippen LogP contribution in [0.15, 0.2) is 18.2 Å². The first-order valence-electron chi connectivity index (χ1n) is 5.78. The van der Waals surface area contributed by atoms with Gasteiger partial charge in [-0.3, -0.25) is 10.1 Å². The Balaban J connectivity index is 2.40. The van der Waals surface area contributed by atoms with Gasteiger partial charge in [0, 0.05) is 31.7 Å². The van der Waals surface area contributed by atoms with E-state index in [0.717, 1.165) is 6.54 Å². The molecule has 0 spiro atoms. The lowest BCUT2D eigenvalue weighted by Crippen LogP contribution is -2.49. The van der Waals surface area contributed by atoms with Crippen molar-refractivity contribution in [3.63, 3.8) is 0 Å². The number of hydrogen-bond donors (Lipinski definition) is 1. The molecule has 0 aliphatic carbocycles. The predicted octanol–water partition coefficient (Wildman–Crippen LogP) is 1.26. The van der Waals surface area contributed by atoms with Crippen molar-refractivity contribution < 1.29 is 4.92 Å². The van der Waals surface area contributed by atoms with Crippen LogP contribution < -0.4 is 10.2 Å². The normalized spacial score (nSPS) is 19.3. The molecule has 1 fully saturated rings. The minimum absolute atomic E-state index is 0.0584. The molecule has 0 unspecified atom stereocenters. The fourth-order valence-corrected chi connectivity index (χ4v) is 2.15. The Bertz CT molecular complexity index is 509. The van der Waals surface area contributed by atoms with Crippen LogP contribution in [0.1, 0.15) is 12.5 Å². The van der Waals surface area contributed by atoms with Gasteiger partial charge in [0.2, 0.25) is 0 Å². The van der Waals surface area contributed by atoms with E-state index in [9.17, 15) is 10.1 Å². The van der Waals surface area contributed by atoms with Crippen molar-refractivity contribution >= 4 is 11.4 Å². The van der Waals surface area contributed by atoms with Crippen LogP contribution in [0.5, 0.6) is 0 Å².